The minimum atomic E-state index is 0.662. The van der Waals surface area contributed by atoms with E-state index in [4.69, 9.17) is 28.9 Å². The van der Waals surface area contributed by atoms with Crippen LogP contribution in [0.5, 0.6) is 0 Å². The maximum absolute atomic E-state index is 6.21. The van der Waals surface area contributed by atoms with Crippen LogP contribution in [0.15, 0.2) is 23.1 Å². The summed E-state index contributed by atoms with van der Waals surface area (Å²) in [4.78, 5) is 3.65. The van der Waals surface area contributed by atoms with Gasteiger partial charge in [0.2, 0.25) is 0 Å². The third kappa shape index (κ3) is 4.77. The summed E-state index contributed by atoms with van der Waals surface area (Å²) >= 11 is 14.0. The Morgan fingerprint density at radius 3 is 2.86 bits per heavy atom. The third-order valence-corrected chi connectivity index (χ3v) is 6.04. The van der Waals surface area contributed by atoms with Crippen LogP contribution in [0.4, 0.5) is 0 Å². The summed E-state index contributed by atoms with van der Waals surface area (Å²) in [6, 6.07) is 6.31. The molecule has 2 unspecified atom stereocenters. The van der Waals surface area contributed by atoms with Crippen molar-refractivity contribution >= 4 is 35.0 Å². The van der Waals surface area contributed by atoms with Crippen LogP contribution >= 0.6 is 35.0 Å². The van der Waals surface area contributed by atoms with Gasteiger partial charge in [0.1, 0.15) is 0 Å². The molecule has 0 spiro atoms. The highest BCUT2D eigenvalue weighted by atomic mass is 35.5. The molecule has 118 valence electrons. The van der Waals surface area contributed by atoms with Gasteiger partial charge in [-0.15, -0.1) is 11.8 Å². The molecule has 1 aromatic carbocycles. The molecule has 5 heteroatoms. The number of rotatable bonds is 7. The maximum atomic E-state index is 6.21. The molecule has 2 N–H and O–H groups in total. The summed E-state index contributed by atoms with van der Waals surface area (Å²) in [6.45, 7) is 5.22. The van der Waals surface area contributed by atoms with E-state index in [-0.39, 0.29) is 0 Å². The summed E-state index contributed by atoms with van der Waals surface area (Å²) < 4.78 is 0. The Hall–Kier alpha value is 0.0700. The number of halogens is 2. The average Bonchev–Trinajstić information content (AvgIpc) is 2.95. The van der Waals surface area contributed by atoms with E-state index in [9.17, 15) is 0 Å². The predicted octanol–water partition coefficient (Wildman–Crippen LogP) is 4.53. The highest BCUT2D eigenvalue weighted by molar-refractivity contribution is 7.99. The third-order valence-electron chi connectivity index (χ3n) is 4.33. The smallest absolute Gasteiger partial charge is 0.0542 e. The summed E-state index contributed by atoms with van der Waals surface area (Å²) in [7, 11) is 0. The van der Waals surface area contributed by atoms with Gasteiger partial charge in [-0.1, -0.05) is 36.5 Å². The molecule has 21 heavy (non-hydrogen) atoms. The Labute approximate surface area is 142 Å². The van der Waals surface area contributed by atoms with Gasteiger partial charge in [-0.3, -0.25) is 4.90 Å². The lowest BCUT2D eigenvalue weighted by molar-refractivity contribution is 0.181. The molecule has 0 aliphatic heterocycles. The van der Waals surface area contributed by atoms with Gasteiger partial charge in [-0.05, 0) is 50.0 Å². The Kier molecular flexibility index (Phi) is 7.17. The fourth-order valence-electron chi connectivity index (χ4n) is 3.19. The van der Waals surface area contributed by atoms with Crippen molar-refractivity contribution in [1.82, 2.24) is 4.90 Å². The second-order valence-corrected chi connectivity index (χ2v) is 7.53. The molecule has 0 bridgehead atoms. The van der Waals surface area contributed by atoms with Crippen LogP contribution in [0.1, 0.15) is 26.2 Å². The van der Waals surface area contributed by atoms with Crippen molar-refractivity contribution in [2.45, 2.75) is 37.1 Å². The fraction of sp³-hybridized carbons (Fsp3) is 0.625. The first kappa shape index (κ1) is 17.4. The zero-order valence-electron chi connectivity index (χ0n) is 12.5. The minimum absolute atomic E-state index is 0.662. The van der Waals surface area contributed by atoms with Gasteiger partial charge < -0.3 is 5.73 Å². The van der Waals surface area contributed by atoms with E-state index in [1.165, 1.54) is 19.3 Å². The number of nitrogens with two attached hydrogens (primary N) is 1. The van der Waals surface area contributed by atoms with E-state index in [2.05, 4.69) is 11.8 Å². The standard InChI is InChI=1S/C16H24Cl2N2S/c1-2-20(15-5-3-4-12(15)11-19)8-9-21-16-10-13(17)6-7-14(16)18/h6-7,10,12,15H,2-5,8-9,11,19H2,1H3. The molecule has 2 atom stereocenters. The second-order valence-electron chi connectivity index (χ2n) is 5.55. The predicted molar refractivity (Wildman–Crippen MR) is 94.6 cm³/mol. The van der Waals surface area contributed by atoms with E-state index >= 15 is 0 Å². The molecule has 1 aliphatic rings. The first-order valence-electron chi connectivity index (χ1n) is 7.67. The largest absolute Gasteiger partial charge is 0.330 e. The van der Waals surface area contributed by atoms with Crippen LogP contribution in [0.3, 0.4) is 0 Å². The van der Waals surface area contributed by atoms with Crippen molar-refractivity contribution in [3.8, 4) is 0 Å². The van der Waals surface area contributed by atoms with Crippen LogP contribution in [0, 0.1) is 5.92 Å². The van der Waals surface area contributed by atoms with Gasteiger partial charge in [0.05, 0.1) is 5.02 Å². The maximum Gasteiger partial charge on any atom is 0.0542 e. The first-order valence-corrected chi connectivity index (χ1v) is 9.41. The summed E-state index contributed by atoms with van der Waals surface area (Å²) in [6.07, 6.45) is 3.89. The molecular formula is C16H24Cl2N2S. The average molecular weight is 347 g/mol. The summed E-state index contributed by atoms with van der Waals surface area (Å²) in [5, 5.41) is 1.53. The lowest BCUT2D eigenvalue weighted by atomic mass is 10.0. The van der Waals surface area contributed by atoms with Crippen LogP contribution in [0.2, 0.25) is 10.0 Å². The Morgan fingerprint density at radius 1 is 1.33 bits per heavy atom. The number of hydrogen-bond acceptors (Lipinski definition) is 3. The van der Waals surface area contributed by atoms with E-state index < -0.39 is 0 Å². The monoisotopic (exact) mass is 346 g/mol. The minimum Gasteiger partial charge on any atom is -0.330 e. The van der Waals surface area contributed by atoms with Gasteiger partial charge in [0, 0.05) is 28.3 Å². The number of nitrogens with zero attached hydrogens (tertiary/aromatic N) is 1. The van der Waals surface area contributed by atoms with Gasteiger partial charge >= 0.3 is 0 Å². The molecule has 2 rings (SSSR count). The second kappa shape index (κ2) is 8.64. The number of thioether (sulfide) groups is 1. The topological polar surface area (TPSA) is 29.3 Å². The normalized spacial score (nSPS) is 22.1. The molecule has 1 aliphatic carbocycles. The molecular weight excluding hydrogens is 323 g/mol. The molecule has 1 fully saturated rings. The van der Waals surface area contributed by atoms with Crippen LogP contribution in [-0.4, -0.2) is 36.3 Å². The molecule has 0 heterocycles. The molecule has 0 aromatic heterocycles. The van der Waals surface area contributed by atoms with Gasteiger partial charge in [-0.25, -0.2) is 0 Å². The number of benzene rings is 1. The van der Waals surface area contributed by atoms with E-state index in [0.717, 1.165) is 40.3 Å². The van der Waals surface area contributed by atoms with Crippen molar-refractivity contribution in [3.05, 3.63) is 28.2 Å². The molecule has 0 saturated heterocycles. The molecule has 0 radical (unpaired) electrons. The lowest BCUT2D eigenvalue weighted by Gasteiger charge is -2.31. The van der Waals surface area contributed by atoms with E-state index in [1.807, 2.05) is 18.2 Å². The summed E-state index contributed by atoms with van der Waals surface area (Å²) in [5.41, 5.74) is 5.91. The molecule has 2 nitrogen and oxygen atoms in total. The van der Waals surface area contributed by atoms with Crippen molar-refractivity contribution in [2.24, 2.45) is 11.7 Å². The summed E-state index contributed by atoms with van der Waals surface area (Å²) in [5.74, 6) is 1.70. The Morgan fingerprint density at radius 2 is 2.14 bits per heavy atom. The zero-order chi connectivity index (χ0) is 15.2. The highest BCUT2D eigenvalue weighted by Crippen LogP contribution is 2.32. The van der Waals surface area contributed by atoms with Crippen molar-refractivity contribution in [3.63, 3.8) is 0 Å². The zero-order valence-corrected chi connectivity index (χ0v) is 14.9. The first-order chi connectivity index (χ1) is 10.2. The van der Waals surface area contributed by atoms with Gasteiger partial charge in [0.15, 0.2) is 0 Å². The molecule has 1 aromatic rings. The Bertz CT molecular complexity index is 456. The van der Waals surface area contributed by atoms with Crippen molar-refractivity contribution < 1.29 is 0 Å². The van der Waals surface area contributed by atoms with Crippen LogP contribution < -0.4 is 5.73 Å². The van der Waals surface area contributed by atoms with Crippen LogP contribution in [0.25, 0.3) is 0 Å². The Balaban J connectivity index is 1.87. The van der Waals surface area contributed by atoms with E-state index in [0.29, 0.717) is 12.0 Å². The molecule has 0 amide bonds. The van der Waals surface area contributed by atoms with Crippen LogP contribution in [-0.2, 0) is 0 Å². The fourth-order valence-corrected chi connectivity index (χ4v) is 4.67. The highest BCUT2D eigenvalue weighted by Gasteiger charge is 2.30. The quantitative estimate of drug-likeness (QED) is 0.735. The van der Waals surface area contributed by atoms with Crippen molar-refractivity contribution in [2.75, 3.05) is 25.4 Å². The SMILES string of the molecule is CCN(CCSc1cc(Cl)ccc1Cl)C1CCCC1CN. The lowest BCUT2D eigenvalue weighted by Crippen LogP contribution is -2.41. The van der Waals surface area contributed by atoms with Gasteiger partial charge in [0.25, 0.3) is 0 Å². The molecule has 1 saturated carbocycles. The van der Waals surface area contributed by atoms with Crippen molar-refractivity contribution in [1.29, 1.82) is 0 Å². The van der Waals surface area contributed by atoms with Gasteiger partial charge in [-0.2, -0.15) is 0 Å². The number of hydrogen-bond donors (Lipinski definition) is 1. The van der Waals surface area contributed by atoms with E-state index in [1.54, 1.807) is 11.8 Å².